The second-order valence-electron chi connectivity index (χ2n) is 2.29. The molecule has 1 aromatic heterocycles. The first-order valence-corrected chi connectivity index (χ1v) is 4.32. The minimum atomic E-state index is -0.223. The van der Waals surface area contributed by atoms with Crippen LogP contribution in [-0.4, -0.2) is 4.98 Å². The fraction of sp³-hybridized carbons (Fsp3) is 0. The van der Waals surface area contributed by atoms with Gasteiger partial charge in [0.2, 0.25) is 0 Å². The molecular weight excluding hydrogens is 180 g/mol. The Balaban J connectivity index is 0.000000845. The molecule has 0 saturated heterocycles. The van der Waals surface area contributed by atoms with Gasteiger partial charge in [-0.25, -0.2) is 15.7 Å². The van der Waals surface area contributed by atoms with Crippen molar-refractivity contribution in [1.29, 1.82) is 0 Å². The number of rotatable bonds is 1. The molecule has 2 rings (SSSR count). The first-order chi connectivity index (χ1) is 5.86. The van der Waals surface area contributed by atoms with Gasteiger partial charge in [0.25, 0.3) is 0 Å². The first kappa shape index (κ1) is 10.5. The van der Waals surface area contributed by atoms with Crippen molar-refractivity contribution in [2.24, 2.45) is 0 Å². The Morgan fingerprint density at radius 3 is 2.46 bits per heavy atom. The summed E-state index contributed by atoms with van der Waals surface area (Å²) in [6.45, 7) is 0. The molecular formula is C9H5FLiNS. The third-order valence-corrected chi connectivity index (χ3v) is 2.25. The second-order valence-corrected chi connectivity index (χ2v) is 3.15. The number of nitrogens with zero attached hydrogens (tertiary/aromatic N) is 1. The van der Waals surface area contributed by atoms with Crippen LogP contribution in [0.1, 0.15) is 0 Å². The van der Waals surface area contributed by atoms with Gasteiger partial charge in [0.1, 0.15) is 5.82 Å². The van der Waals surface area contributed by atoms with E-state index in [4.69, 9.17) is 0 Å². The van der Waals surface area contributed by atoms with Crippen molar-refractivity contribution >= 4 is 11.3 Å². The molecule has 13 heavy (non-hydrogen) atoms. The fourth-order valence-corrected chi connectivity index (χ4v) is 1.51. The summed E-state index contributed by atoms with van der Waals surface area (Å²) in [7, 11) is 0. The van der Waals surface area contributed by atoms with Gasteiger partial charge in [0.05, 0.1) is 0 Å². The second kappa shape index (κ2) is 4.57. The van der Waals surface area contributed by atoms with Crippen LogP contribution < -0.4 is 18.9 Å². The number of thiazole rings is 1. The Labute approximate surface area is 91.8 Å². The van der Waals surface area contributed by atoms with Crippen molar-refractivity contribution in [3.05, 3.63) is 41.7 Å². The molecule has 1 nitrogen and oxygen atoms in total. The summed E-state index contributed by atoms with van der Waals surface area (Å²) in [6.07, 6.45) is 2.72. The van der Waals surface area contributed by atoms with E-state index >= 15 is 0 Å². The Kier molecular flexibility index (Phi) is 3.67. The van der Waals surface area contributed by atoms with Crippen LogP contribution in [0.4, 0.5) is 4.39 Å². The van der Waals surface area contributed by atoms with E-state index < -0.39 is 0 Å². The largest absolute Gasteiger partial charge is 1.00 e. The number of halogens is 1. The zero-order valence-corrected chi connectivity index (χ0v) is 7.94. The Morgan fingerprint density at radius 1 is 1.23 bits per heavy atom. The Hall–Kier alpha value is -0.623. The molecule has 1 aromatic carbocycles. The van der Waals surface area contributed by atoms with Crippen LogP contribution >= 0.6 is 11.3 Å². The number of hydrogen-bond donors (Lipinski definition) is 0. The number of benzene rings is 1. The predicted molar refractivity (Wildman–Crippen MR) is 46.3 cm³/mol. The summed E-state index contributed by atoms with van der Waals surface area (Å²) in [5.41, 5.74) is 0.933. The van der Waals surface area contributed by atoms with Gasteiger partial charge in [-0.05, 0) is 17.1 Å². The van der Waals surface area contributed by atoms with Gasteiger partial charge in [-0.2, -0.15) is 0 Å². The van der Waals surface area contributed by atoms with Crippen LogP contribution in [0.2, 0.25) is 0 Å². The van der Waals surface area contributed by atoms with Crippen molar-refractivity contribution in [3.63, 3.8) is 0 Å². The summed E-state index contributed by atoms with van der Waals surface area (Å²) in [6, 6.07) is 6.28. The molecule has 0 radical (unpaired) electrons. The SMILES string of the molecule is Fc1ccc(-c2n[c-]cs2)cc1.[Li+]. The zero-order chi connectivity index (χ0) is 8.39. The standard InChI is InChI=1S/C9H5FNS.Li/c10-8-3-1-7(2-4-8)9-11-5-6-12-9;/h1-4,6H;/q-1;+1. The van der Waals surface area contributed by atoms with E-state index in [2.05, 4.69) is 11.2 Å². The van der Waals surface area contributed by atoms with E-state index in [1.54, 1.807) is 17.5 Å². The minimum Gasteiger partial charge on any atom is -0.442 e. The molecule has 0 aliphatic carbocycles. The Bertz CT molecular complexity index is 358. The van der Waals surface area contributed by atoms with E-state index in [9.17, 15) is 4.39 Å². The molecule has 0 fully saturated rings. The van der Waals surface area contributed by atoms with Crippen LogP contribution in [0.25, 0.3) is 10.6 Å². The maximum Gasteiger partial charge on any atom is 1.00 e. The molecule has 2 aromatic rings. The van der Waals surface area contributed by atoms with Gasteiger partial charge < -0.3 is 4.98 Å². The molecule has 0 unspecified atom stereocenters. The monoisotopic (exact) mass is 185 g/mol. The average molecular weight is 185 g/mol. The van der Waals surface area contributed by atoms with E-state index in [0.717, 1.165) is 10.6 Å². The van der Waals surface area contributed by atoms with Crippen molar-refractivity contribution in [1.82, 2.24) is 4.98 Å². The Morgan fingerprint density at radius 2 is 1.92 bits per heavy atom. The number of hydrogen-bond acceptors (Lipinski definition) is 2. The maximum absolute atomic E-state index is 12.5. The molecule has 0 spiro atoms. The maximum atomic E-state index is 12.5. The van der Waals surface area contributed by atoms with Gasteiger partial charge >= 0.3 is 18.9 Å². The molecule has 0 aliphatic heterocycles. The van der Waals surface area contributed by atoms with Crippen molar-refractivity contribution in [3.8, 4) is 10.6 Å². The minimum absolute atomic E-state index is 0. The van der Waals surface area contributed by atoms with Gasteiger partial charge in [-0.3, -0.25) is 0 Å². The summed E-state index contributed by atoms with van der Waals surface area (Å²) in [5.74, 6) is -0.223. The molecule has 4 heteroatoms. The molecule has 60 valence electrons. The zero-order valence-electron chi connectivity index (χ0n) is 7.12. The third kappa shape index (κ3) is 2.41. The topological polar surface area (TPSA) is 12.9 Å². The van der Waals surface area contributed by atoms with Gasteiger partial charge in [0, 0.05) is 0 Å². The van der Waals surface area contributed by atoms with Crippen molar-refractivity contribution < 1.29 is 23.3 Å². The predicted octanol–water partition coefficient (Wildman–Crippen LogP) is -0.247. The van der Waals surface area contributed by atoms with Crippen LogP contribution in [0, 0.1) is 12.0 Å². The fourth-order valence-electron chi connectivity index (χ4n) is 0.919. The number of aromatic nitrogens is 1. The summed E-state index contributed by atoms with van der Waals surface area (Å²) < 4.78 is 12.5. The van der Waals surface area contributed by atoms with E-state index in [1.165, 1.54) is 23.5 Å². The van der Waals surface area contributed by atoms with Gasteiger partial charge in [-0.1, -0.05) is 23.1 Å². The average Bonchev–Trinajstić information content (AvgIpc) is 2.58. The van der Waals surface area contributed by atoms with Gasteiger partial charge in [0.15, 0.2) is 0 Å². The summed E-state index contributed by atoms with van der Waals surface area (Å²) in [4.78, 5) is 3.99. The van der Waals surface area contributed by atoms with Crippen LogP contribution in [0.5, 0.6) is 0 Å². The third-order valence-electron chi connectivity index (χ3n) is 1.48. The van der Waals surface area contributed by atoms with E-state index in [1.807, 2.05) is 0 Å². The van der Waals surface area contributed by atoms with Crippen molar-refractivity contribution in [2.45, 2.75) is 0 Å². The molecule has 0 amide bonds. The summed E-state index contributed by atoms with van der Waals surface area (Å²) in [5, 5.41) is 2.65. The first-order valence-electron chi connectivity index (χ1n) is 3.44. The molecule has 0 atom stereocenters. The quantitative estimate of drug-likeness (QED) is 0.441. The van der Waals surface area contributed by atoms with Crippen LogP contribution in [-0.2, 0) is 0 Å². The van der Waals surface area contributed by atoms with E-state index in [0.29, 0.717) is 0 Å². The normalized spacial score (nSPS) is 9.31. The molecule has 0 N–H and O–H groups in total. The van der Waals surface area contributed by atoms with Crippen LogP contribution in [0.15, 0.2) is 29.6 Å². The van der Waals surface area contributed by atoms with Crippen LogP contribution in [0.3, 0.4) is 0 Å². The van der Waals surface area contributed by atoms with Gasteiger partial charge in [-0.15, -0.1) is 6.20 Å². The summed E-state index contributed by atoms with van der Waals surface area (Å²) >= 11 is 1.49. The van der Waals surface area contributed by atoms with E-state index in [-0.39, 0.29) is 24.7 Å². The van der Waals surface area contributed by atoms with Crippen molar-refractivity contribution in [2.75, 3.05) is 0 Å². The molecule has 0 bridgehead atoms. The molecule has 1 heterocycles. The smallest absolute Gasteiger partial charge is 0.442 e. The molecule has 0 saturated carbocycles. The molecule has 0 aliphatic rings.